The Kier molecular flexibility index (Phi) is 4.58. The lowest BCUT2D eigenvalue weighted by molar-refractivity contribution is 0.0684. The summed E-state index contributed by atoms with van der Waals surface area (Å²) in [7, 11) is 0. The molecule has 1 aliphatic rings. The van der Waals surface area contributed by atoms with Gasteiger partial charge in [-0.3, -0.25) is 4.79 Å². The molecule has 1 fully saturated rings. The van der Waals surface area contributed by atoms with Gasteiger partial charge in [0.05, 0.1) is 11.3 Å². The van der Waals surface area contributed by atoms with Gasteiger partial charge >= 0.3 is 5.97 Å². The van der Waals surface area contributed by atoms with Crippen molar-refractivity contribution in [3.05, 3.63) is 64.9 Å². The molecule has 1 aromatic carbocycles. The Morgan fingerprint density at radius 1 is 1.21 bits per heavy atom. The largest absolute Gasteiger partial charge is 0.478 e. The highest BCUT2D eigenvalue weighted by molar-refractivity contribution is 5.94. The molecule has 2 aromatic heterocycles. The van der Waals surface area contributed by atoms with Crippen molar-refractivity contribution in [3.63, 3.8) is 0 Å². The number of aryl methyl sites for hydroxylation is 1. The molecule has 0 bridgehead atoms. The van der Waals surface area contributed by atoms with Gasteiger partial charge in [-0.15, -0.1) is 0 Å². The number of pyridine rings is 1. The van der Waals surface area contributed by atoms with Crippen molar-refractivity contribution < 1.29 is 19.1 Å². The van der Waals surface area contributed by atoms with Gasteiger partial charge in [0.15, 0.2) is 0 Å². The fourth-order valence-electron chi connectivity index (χ4n) is 3.92. The molecule has 1 saturated heterocycles. The molecule has 1 amide bonds. The van der Waals surface area contributed by atoms with E-state index in [0.29, 0.717) is 24.7 Å². The minimum Gasteiger partial charge on any atom is -0.478 e. The van der Waals surface area contributed by atoms with Gasteiger partial charge in [0.25, 0.3) is 5.91 Å². The Morgan fingerprint density at radius 2 is 1.96 bits per heavy atom. The number of amides is 1. The van der Waals surface area contributed by atoms with E-state index >= 15 is 0 Å². The molecule has 0 spiro atoms. The summed E-state index contributed by atoms with van der Waals surface area (Å²) < 4.78 is 13.4. The number of aromatic nitrogens is 2. The number of carbonyl (C=O) groups is 2. The first-order valence-corrected chi connectivity index (χ1v) is 9.21. The number of piperidine rings is 1. The molecule has 6 nitrogen and oxygen atoms in total. The van der Waals surface area contributed by atoms with Gasteiger partial charge in [-0.1, -0.05) is 0 Å². The predicted octanol–water partition coefficient (Wildman–Crippen LogP) is 3.73. The number of carbonyl (C=O) groups excluding carboxylic acids is 1. The second-order valence-corrected chi connectivity index (χ2v) is 7.14. The zero-order valence-corrected chi connectivity index (χ0v) is 15.4. The number of H-pyrrole nitrogens is 1. The van der Waals surface area contributed by atoms with E-state index in [1.54, 1.807) is 17.9 Å². The quantitative estimate of drug-likeness (QED) is 0.724. The Hall–Kier alpha value is -3.22. The predicted molar refractivity (Wildman–Crippen MR) is 102 cm³/mol. The Bertz CT molecular complexity index is 1070. The summed E-state index contributed by atoms with van der Waals surface area (Å²) in [5.41, 5.74) is 2.64. The van der Waals surface area contributed by atoms with Crippen molar-refractivity contribution in [2.24, 2.45) is 0 Å². The van der Waals surface area contributed by atoms with Crippen LogP contribution in [0.5, 0.6) is 0 Å². The summed E-state index contributed by atoms with van der Waals surface area (Å²) in [6, 6.07) is 7.65. The monoisotopic (exact) mass is 381 g/mol. The minimum atomic E-state index is -1.05. The molecule has 3 aromatic rings. The van der Waals surface area contributed by atoms with E-state index in [9.17, 15) is 14.0 Å². The average Bonchev–Trinajstić information content (AvgIpc) is 3.10. The smallest absolute Gasteiger partial charge is 0.337 e. The maximum Gasteiger partial charge on any atom is 0.337 e. The van der Waals surface area contributed by atoms with Crippen LogP contribution in [0.25, 0.3) is 10.9 Å². The van der Waals surface area contributed by atoms with Crippen molar-refractivity contribution >= 4 is 22.8 Å². The lowest BCUT2D eigenvalue weighted by Crippen LogP contribution is -2.38. The number of hydrogen-bond donors (Lipinski definition) is 2. The summed E-state index contributed by atoms with van der Waals surface area (Å²) in [4.78, 5) is 32.9. The molecule has 144 valence electrons. The third-order valence-corrected chi connectivity index (χ3v) is 5.43. The number of carboxylic acids is 1. The zero-order chi connectivity index (χ0) is 19.8. The summed E-state index contributed by atoms with van der Waals surface area (Å²) in [5, 5.41) is 10.1. The van der Waals surface area contributed by atoms with E-state index in [4.69, 9.17) is 5.11 Å². The van der Waals surface area contributed by atoms with Crippen molar-refractivity contribution in [2.45, 2.75) is 25.7 Å². The van der Waals surface area contributed by atoms with Gasteiger partial charge in [-0.2, -0.15) is 0 Å². The van der Waals surface area contributed by atoms with Gasteiger partial charge in [0.2, 0.25) is 0 Å². The number of fused-ring (bicyclic) bond motifs is 1. The van der Waals surface area contributed by atoms with Crippen molar-refractivity contribution in [3.8, 4) is 0 Å². The van der Waals surface area contributed by atoms with E-state index < -0.39 is 5.97 Å². The number of rotatable bonds is 3. The van der Waals surface area contributed by atoms with Crippen LogP contribution in [-0.4, -0.2) is 44.9 Å². The molecule has 0 aliphatic carbocycles. The molecule has 0 radical (unpaired) electrons. The maximum atomic E-state index is 13.4. The standard InChI is InChI=1S/C21H20FN3O3/c1-12-15(21(27)28)4-5-18(24-12)20(26)25-8-6-13(7-9-25)17-11-23-19-10-14(22)2-3-16(17)19/h2-5,10-11,13,23H,6-9H2,1H3,(H,27,28). The third-order valence-electron chi connectivity index (χ3n) is 5.43. The van der Waals surface area contributed by atoms with Crippen molar-refractivity contribution in [1.82, 2.24) is 14.9 Å². The molecule has 3 heterocycles. The number of aromatic amines is 1. The van der Waals surface area contributed by atoms with E-state index in [1.165, 1.54) is 24.3 Å². The number of nitrogens with zero attached hydrogens (tertiary/aromatic N) is 2. The lowest BCUT2D eigenvalue weighted by atomic mass is 9.89. The van der Waals surface area contributed by atoms with Gasteiger partial charge in [0.1, 0.15) is 11.5 Å². The van der Waals surface area contributed by atoms with Crippen LogP contribution in [0.3, 0.4) is 0 Å². The van der Waals surface area contributed by atoms with Gasteiger partial charge in [-0.25, -0.2) is 14.2 Å². The van der Waals surface area contributed by atoms with E-state index in [1.807, 2.05) is 6.20 Å². The minimum absolute atomic E-state index is 0.103. The molecular weight excluding hydrogens is 361 g/mol. The molecule has 2 N–H and O–H groups in total. The number of halogens is 1. The van der Waals surface area contributed by atoms with Crippen molar-refractivity contribution in [2.75, 3.05) is 13.1 Å². The average molecular weight is 381 g/mol. The molecule has 0 unspecified atom stereocenters. The Morgan fingerprint density at radius 3 is 2.64 bits per heavy atom. The number of benzene rings is 1. The first-order valence-electron chi connectivity index (χ1n) is 9.21. The highest BCUT2D eigenvalue weighted by Crippen LogP contribution is 2.33. The first-order chi connectivity index (χ1) is 13.4. The molecule has 7 heteroatoms. The van der Waals surface area contributed by atoms with E-state index in [0.717, 1.165) is 29.3 Å². The summed E-state index contributed by atoms with van der Waals surface area (Å²) in [5.74, 6) is -1.20. The number of hydrogen-bond acceptors (Lipinski definition) is 3. The Labute approximate surface area is 161 Å². The number of likely N-dealkylation sites (tertiary alicyclic amines) is 1. The van der Waals surface area contributed by atoms with E-state index in [2.05, 4.69) is 9.97 Å². The van der Waals surface area contributed by atoms with Crippen LogP contribution < -0.4 is 0 Å². The highest BCUT2D eigenvalue weighted by Gasteiger charge is 2.27. The second kappa shape index (κ2) is 7.07. The SMILES string of the molecule is Cc1nc(C(=O)N2CCC(c3c[nH]c4cc(F)ccc34)CC2)ccc1C(=O)O. The summed E-state index contributed by atoms with van der Waals surface area (Å²) >= 11 is 0. The molecule has 28 heavy (non-hydrogen) atoms. The van der Waals surface area contributed by atoms with Gasteiger partial charge in [-0.05, 0) is 61.6 Å². The zero-order valence-electron chi connectivity index (χ0n) is 15.4. The van der Waals surface area contributed by atoms with Crippen LogP contribution in [0.15, 0.2) is 36.5 Å². The highest BCUT2D eigenvalue weighted by atomic mass is 19.1. The fourth-order valence-corrected chi connectivity index (χ4v) is 3.92. The van der Waals surface area contributed by atoms with Crippen LogP contribution in [0.1, 0.15) is 50.9 Å². The maximum absolute atomic E-state index is 13.4. The third kappa shape index (κ3) is 3.24. The molecular formula is C21H20FN3O3. The van der Waals surface area contributed by atoms with Crippen LogP contribution in [-0.2, 0) is 0 Å². The number of aromatic carboxylic acids is 1. The second-order valence-electron chi connectivity index (χ2n) is 7.14. The van der Waals surface area contributed by atoms with Crippen molar-refractivity contribution in [1.29, 1.82) is 0 Å². The topological polar surface area (TPSA) is 86.3 Å². The Balaban J connectivity index is 1.47. The first kappa shape index (κ1) is 18.2. The molecule has 4 rings (SSSR count). The van der Waals surface area contributed by atoms with Crippen LogP contribution in [0.2, 0.25) is 0 Å². The summed E-state index contributed by atoms with van der Waals surface area (Å²) in [6.45, 7) is 2.78. The summed E-state index contributed by atoms with van der Waals surface area (Å²) in [6.07, 6.45) is 3.55. The van der Waals surface area contributed by atoms with Gasteiger partial charge in [0, 0.05) is 30.2 Å². The van der Waals surface area contributed by atoms with Crippen LogP contribution in [0, 0.1) is 12.7 Å². The number of nitrogens with one attached hydrogen (secondary N) is 1. The fraction of sp³-hybridized carbons (Fsp3) is 0.286. The van der Waals surface area contributed by atoms with Crippen LogP contribution >= 0.6 is 0 Å². The molecule has 0 saturated carbocycles. The van der Waals surface area contributed by atoms with Crippen LogP contribution in [0.4, 0.5) is 4.39 Å². The lowest BCUT2D eigenvalue weighted by Gasteiger charge is -2.32. The molecule has 1 aliphatic heterocycles. The normalized spacial score (nSPS) is 15.1. The van der Waals surface area contributed by atoms with E-state index in [-0.39, 0.29) is 23.0 Å². The number of carboxylic acid groups (broad SMARTS) is 1. The molecule has 0 atom stereocenters. The van der Waals surface area contributed by atoms with Gasteiger partial charge < -0.3 is 15.0 Å².